The summed E-state index contributed by atoms with van der Waals surface area (Å²) in [4.78, 5) is 8.25. The number of rotatable bonds is 0. The first kappa shape index (κ1) is 25.3. The minimum Gasteiger partial charge on any atom is -0.870 e. The molecule has 0 saturated heterocycles. The van der Waals surface area contributed by atoms with Crippen LogP contribution in [0.2, 0.25) is 0 Å². The summed E-state index contributed by atoms with van der Waals surface area (Å²) >= 11 is 0. The Kier molecular flexibility index (Phi) is 57.5. The molecule has 0 spiro atoms. The third-order valence-corrected chi connectivity index (χ3v) is 0. The van der Waals surface area contributed by atoms with Gasteiger partial charge >= 0.3 is 46.6 Å². The predicted molar refractivity (Wildman–Crippen MR) is 12.3 cm³/mol. The summed E-state index contributed by atoms with van der Waals surface area (Å²) in [7, 11) is 0. The van der Waals surface area contributed by atoms with Crippen molar-refractivity contribution in [2.75, 3.05) is 0 Å². The van der Waals surface area contributed by atoms with E-state index in [2.05, 4.69) is 0 Å². The molecule has 0 saturated carbocycles. The van der Waals surface area contributed by atoms with Crippen LogP contribution in [0.1, 0.15) is 0 Å². The van der Waals surface area contributed by atoms with Gasteiger partial charge in [-0.2, -0.15) is 0 Å². The van der Waals surface area contributed by atoms with Gasteiger partial charge in [0.15, 0.2) is 0 Å². The summed E-state index contributed by atoms with van der Waals surface area (Å²) in [5, 5.41) is 14.8. The van der Waals surface area contributed by atoms with Gasteiger partial charge in [0.2, 0.25) is 0 Å². The Morgan fingerprint density at radius 2 is 1.29 bits per heavy atom. The van der Waals surface area contributed by atoms with Gasteiger partial charge in [-0.05, 0) is 0 Å². The Balaban J connectivity index is -0.0000000150. The summed E-state index contributed by atoms with van der Waals surface area (Å²) in [5.41, 5.74) is 0. The van der Waals surface area contributed by atoms with Gasteiger partial charge in [0, 0.05) is 0 Å². The molecular weight excluding hydrogens is 156 g/mol. The molecule has 0 heterocycles. The second-order valence-corrected chi connectivity index (χ2v) is 0.224. The smallest absolute Gasteiger partial charge is 0.870 e. The number of hydrogen-bond donors (Lipinski definition) is 0. The maximum absolute atomic E-state index is 8.25. The largest absolute Gasteiger partial charge is 2.00 e. The summed E-state index contributed by atoms with van der Waals surface area (Å²) in [5.74, 6) is 0. The average Bonchev–Trinajstić information content (AvgIpc) is 0.811. The van der Waals surface area contributed by atoms with Crippen LogP contribution in [-0.4, -0.2) is 10.6 Å². The van der Waals surface area contributed by atoms with E-state index >= 15 is 0 Å². The molecule has 37 valence electrons. The Morgan fingerprint density at radius 1 is 1.29 bits per heavy atom. The zero-order chi connectivity index (χ0) is 3.58. The standard InChI is InChI=1S/Mn.NO3.Na.H2O/c;2-1(3)4;;/h;;;1H2/q+2;-1;+1;/p-1. The Labute approximate surface area is 72.3 Å². The van der Waals surface area contributed by atoms with Gasteiger partial charge in [0.05, 0.1) is 5.09 Å². The summed E-state index contributed by atoms with van der Waals surface area (Å²) < 4.78 is 0. The zero-order valence-corrected chi connectivity index (χ0v) is 6.68. The molecule has 0 rings (SSSR count). The van der Waals surface area contributed by atoms with Crippen molar-refractivity contribution in [1.29, 1.82) is 0 Å². The van der Waals surface area contributed by atoms with Crippen LogP contribution in [0.15, 0.2) is 0 Å². The quantitative estimate of drug-likeness (QED) is 0.208. The molecule has 0 aliphatic carbocycles. The third kappa shape index (κ3) is 317. The minimum absolute atomic E-state index is 0. The van der Waals surface area contributed by atoms with Crippen LogP contribution in [0.5, 0.6) is 0 Å². The molecule has 0 aliphatic heterocycles. The first-order valence-corrected chi connectivity index (χ1v) is 0.548. The molecule has 0 unspecified atom stereocenters. The van der Waals surface area contributed by atoms with Crippen molar-refractivity contribution < 1.29 is 57.2 Å². The maximum atomic E-state index is 8.25. The van der Waals surface area contributed by atoms with Gasteiger partial charge in [-0.3, -0.25) is 0 Å². The van der Waals surface area contributed by atoms with Crippen LogP contribution < -0.4 is 29.6 Å². The van der Waals surface area contributed by atoms with E-state index in [1.54, 1.807) is 0 Å². The van der Waals surface area contributed by atoms with Gasteiger partial charge in [0.25, 0.3) is 0 Å². The molecule has 7 heavy (non-hydrogen) atoms. The van der Waals surface area contributed by atoms with E-state index in [1.807, 2.05) is 0 Å². The van der Waals surface area contributed by atoms with Gasteiger partial charge in [0.1, 0.15) is 0 Å². The number of hydrogen-bond acceptors (Lipinski definition) is 4. The van der Waals surface area contributed by atoms with E-state index in [0.717, 1.165) is 0 Å². The first-order valence-electron chi connectivity index (χ1n) is 0.548. The molecule has 5 nitrogen and oxygen atoms in total. The molecule has 0 aliphatic rings. The molecule has 0 aromatic carbocycles. The van der Waals surface area contributed by atoms with Crippen molar-refractivity contribution in [3.63, 3.8) is 0 Å². The molecule has 0 fully saturated rings. The molecule has 0 bridgehead atoms. The van der Waals surface area contributed by atoms with Crippen LogP contribution in [0, 0.1) is 15.3 Å². The fourth-order valence-corrected chi connectivity index (χ4v) is 0. The van der Waals surface area contributed by atoms with Crippen LogP contribution >= 0.6 is 0 Å². The van der Waals surface area contributed by atoms with Crippen molar-refractivity contribution in [2.24, 2.45) is 0 Å². The molecule has 7 heteroatoms. The van der Waals surface area contributed by atoms with E-state index in [0.29, 0.717) is 0 Å². The van der Waals surface area contributed by atoms with Gasteiger partial charge in [-0.25, -0.2) is 0 Å². The Morgan fingerprint density at radius 3 is 1.29 bits per heavy atom. The normalized spacial score (nSPS) is 3.43. The fraction of sp³-hybridized carbons (Fsp3) is 0. The van der Waals surface area contributed by atoms with E-state index in [1.165, 1.54) is 0 Å². The van der Waals surface area contributed by atoms with E-state index < -0.39 is 5.09 Å². The van der Waals surface area contributed by atoms with E-state index in [9.17, 15) is 0 Å². The minimum atomic E-state index is -1.75. The average molecular weight is 157 g/mol. The van der Waals surface area contributed by atoms with Crippen molar-refractivity contribution in [1.82, 2.24) is 0 Å². The summed E-state index contributed by atoms with van der Waals surface area (Å²) in [6.45, 7) is 0. The Hall–Kier alpha value is 0.679. The Bertz CT molecular complexity index is 34.7. The van der Waals surface area contributed by atoms with Crippen LogP contribution in [0.25, 0.3) is 0 Å². The molecule has 0 aromatic heterocycles. The van der Waals surface area contributed by atoms with Crippen molar-refractivity contribution in [3.05, 3.63) is 15.3 Å². The van der Waals surface area contributed by atoms with Gasteiger partial charge in [-0.1, -0.05) is 0 Å². The SMILES string of the molecule is O=[N+]([O-])[O-].[Mn+2].[Na+].[OH-]. The second-order valence-electron chi connectivity index (χ2n) is 0.224. The van der Waals surface area contributed by atoms with Gasteiger partial charge < -0.3 is 20.8 Å². The molecule has 0 atom stereocenters. The van der Waals surface area contributed by atoms with Crippen LogP contribution in [-0.2, 0) is 17.1 Å². The van der Waals surface area contributed by atoms with Crippen molar-refractivity contribution >= 4 is 0 Å². The fourth-order valence-electron chi connectivity index (χ4n) is 0. The second kappa shape index (κ2) is 15.9. The third-order valence-electron chi connectivity index (χ3n) is 0. The van der Waals surface area contributed by atoms with Crippen LogP contribution in [0.4, 0.5) is 0 Å². The van der Waals surface area contributed by atoms with Crippen molar-refractivity contribution in [3.8, 4) is 0 Å². The van der Waals surface area contributed by atoms with Crippen LogP contribution in [0.3, 0.4) is 0 Å². The zero-order valence-electron chi connectivity index (χ0n) is 3.50. The molecule has 0 aromatic rings. The van der Waals surface area contributed by atoms with Crippen molar-refractivity contribution in [2.45, 2.75) is 0 Å². The monoisotopic (exact) mass is 157 g/mol. The first-order chi connectivity index (χ1) is 1.73. The summed E-state index contributed by atoms with van der Waals surface area (Å²) in [6.07, 6.45) is 0. The van der Waals surface area contributed by atoms with Gasteiger partial charge in [-0.15, -0.1) is 0 Å². The molecule has 1 radical (unpaired) electrons. The molecular formula is HMnNNaO4+. The predicted octanol–water partition coefficient (Wildman–Crippen LogP) is -3.41. The van der Waals surface area contributed by atoms with E-state index in [4.69, 9.17) is 15.3 Å². The summed E-state index contributed by atoms with van der Waals surface area (Å²) in [6, 6.07) is 0. The topological polar surface area (TPSA) is 96.2 Å². The number of nitrogens with zero attached hydrogens (tertiary/aromatic N) is 1. The molecule has 1 N–H and O–H groups in total. The molecule has 0 amide bonds. The maximum Gasteiger partial charge on any atom is 2.00 e. The van der Waals surface area contributed by atoms with E-state index in [-0.39, 0.29) is 52.1 Å².